The number of fused-ring (bicyclic) bond motifs is 10. The number of hydroxylamine groups is 4. The Hall–Kier alpha value is -11.2. The standard InChI is InChI=1S/C48H64ClN5O18S2.C36H52ClN3O9S.C12H12N2O6.O3S/c1-25-11-10-12-35(68-9)48(63)23-33(69-46(62)50-48)27(3)43-47(5,71-43)36(18-26(2)51(6)31-19-29(17-25)20-32(67-8)42(31)49)70-45(61)28(4)52(7)37(55)15-16-73-34-22-40(58)53(44(34)60)24-30(74(64,65)66)21-41(59)72-54-38(56)13-14-39(54)57;1-20-11-10-12-28(46-9)36(44)19-27(47-34(43)38-36)22(3)32-35(5,49-32)29(48-33(42)23(4)40(7)30(41)13-14-50)16-21(2)39(6)25-17-24(15-20)18-26(45-8)31(25)37;15-8-3-4-9(16)13(8)7-1-2-12(19)20-14-10(17)5-6-11(14)18;1-4(2)3/h10-12,19-20,26-28,30,33-36,43,63H,13-18,21-24H2,1-9H3,(H,50,62)(H,64,65,66);10-12,17-18,21-23,27-29,32,44,50H,13-16,19H2,1-9H3,(H,38,43);3-4H,1-2,5-7H2;/b12-10+,25-11+;12-10+,20-11+;;/t26?,27-,28-,30?,33+,34?,35-,36+,43+,47+,48+;21?,22-,23-,27+,28-,29+,32+,35+,36+;;/m11../s1. The van der Waals surface area contributed by atoms with Crippen LogP contribution in [0.15, 0.2) is 84.0 Å². The van der Waals surface area contributed by atoms with Crippen molar-refractivity contribution in [2.75, 3.05) is 91.0 Å². The van der Waals surface area contributed by atoms with E-state index in [9.17, 15) is 99.9 Å². The molecule has 0 aliphatic carbocycles. The molecule has 46 nitrogen and oxygen atoms in total. The monoisotopic (exact) mass is 2190 g/mol. The Bertz CT molecular complexity index is 5740. The van der Waals surface area contributed by atoms with Gasteiger partial charge in [0.05, 0.1) is 49.5 Å². The summed E-state index contributed by atoms with van der Waals surface area (Å²) in [4.78, 5) is 216. The second-order valence-corrected chi connectivity index (χ2v) is 42.5. The Morgan fingerprint density at radius 2 is 1.01 bits per heavy atom. The van der Waals surface area contributed by atoms with Crippen LogP contribution in [0.3, 0.4) is 0 Å². The molecular weight excluding hydrogens is 2070 g/mol. The van der Waals surface area contributed by atoms with Crippen molar-refractivity contribution in [3.63, 3.8) is 0 Å². The van der Waals surface area contributed by atoms with Crippen LogP contribution in [0.1, 0.15) is 170 Å². The molecule has 816 valence electrons. The summed E-state index contributed by atoms with van der Waals surface area (Å²) in [6.07, 6.45) is 4.65. The van der Waals surface area contributed by atoms with Crippen LogP contribution in [0.2, 0.25) is 10.0 Å². The van der Waals surface area contributed by atoms with Gasteiger partial charge in [0.15, 0.2) is 11.4 Å². The number of hydrogen-bond acceptors (Lipinski definition) is 39. The topological polar surface area (TPSA) is 587 Å². The maximum Gasteiger partial charge on any atom is 0.425 e. The van der Waals surface area contributed by atoms with Crippen LogP contribution >= 0.6 is 47.6 Å². The van der Waals surface area contributed by atoms with E-state index < -0.39 is 229 Å². The van der Waals surface area contributed by atoms with Crippen molar-refractivity contribution in [1.29, 1.82) is 0 Å². The molecule has 4 unspecified atom stereocenters. The molecule has 5 N–H and O–H groups in total. The van der Waals surface area contributed by atoms with E-state index in [0.29, 0.717) is 62.2 Å². The maximum absolute atomic E-state index is 14.2. The minimum absolute atomic E-state index is 0.0181. The normalized spacial score (nSPS) is 29.4. The van der Waals surface area contributed by atoms with E-state index in [4.69, 9.17) is 88.0 Å². The molecule has 0 radical (unpaired) electrons. The number of hydrogen-bond donors (Lipinski definition) is 6. The first kappa shape index (κ1) is 120. The fraction of sp³-hybridized carbons (Fsp3) is 0.604. The smallest absolute Gasteiger partial charge is 0.425 e. The highest BCUT2D eigenvalue weighted by atomic mass is 35.5. The molecule has 2 aromatic carbocycles. The zero-order chi connectivity index (χ0) is 110. The van der Waals surface area contributed by atoms with Gasteiger partial charge in [-0.15, -0.1) is 34.5 Å². The number of epoxide rings is 2. The van der Waals surface area contributed by atoms with Gasteiger partial charge in [-0.25, -0.2) is 28.8 Å². The summed E-state index contributed by atoms with van der Waals surface area (Å²) in [6, 6.07) is 5.07. The number of methoxy groups -OCH3 is 4. The first-order valence-electron chi connectivity index (χ1n) is 47.4. The predicted molar refractivity (Wildman–Crippen MR) is 531 cm³/mol. The largest absolute Gasteiger partial charge is 0.495 e. The van der Waals surface area contributed by atoms with Crippen molar-refractivity contribution < 1.29 is 170 Å². The number of ether oxygens (including phenoxy) is 10. The van der Waals surface area contributed by atoms with E-state index in [2.05, 4.69) is 28.1 Å². The molecule has 20 atom stereocenters. The average Bonchev–Trinajstić information content (AvgIpc) is 1.57. The molecule has 7 saturated heterocycles. The number of likely N-dealkylation sites (tertiary alicyclic amines) is 1. The molecule has 2 aromatic rings. The van der Waals surface area contributed by atoms with Crippen molar-refractivity contribution in [2.24, 2.45) is 11.8 Å². The molecule has 7 fully saturated rings. The van der Waals surface area contributed by atoms with E-state index in [0.717, 1.165) is 56.8 Å². The number of thiol groups is 1. The quantitative estimate of drug-likeness (QED) is 0.0152. The molecule has 8 bridgehead atoms. The number of alkyl carbamates (subject to hydrolysis) is 2. The second kappa shape index (κ2) is 51.6. The number of nitrogens with one attached hydrogen (secondary N) is 2. The molecule has 12 amide bonds. The van der Waals surface area contributed by atoms with Crippen molar-refractivity contribution in [2.45, 2.75) is 278 Å². The summed E-state index contributed by atoms with van der Waals surface area (Å²) in [5, 5.41) is 27.0. The number of aliphatic hydroxyl groups is 2. The summed E-state index contributed by atoms with van der Waals surface area (Å²) < 4.78 is 119. The predicted octanol–water partition coefficient (Wildman–Crippen LogP) is 5.87. The van der Waals surface area contributed by atoms with Gasteiger partial charge >= 0.3 is 46.7 Å². The highest BCUT2D eigenvalue weighted by Crippen LogP contribution is 2.52. The van der Waals surface area contributed by atoms with E-state index in [1.165, 1.54) is 45.1 Å². The molecule has 10 heterocycles. The Kier molecular flexibility index (Phi) is 41.9. The molecule has 10 aliphatic rings. The van der Waals surface area contributed by atoms with Gasteiger partial charge in [-0.1, -0.05) is 84.7 Å². The van der Waals surface area contributed by atoms with Gasteiger partial charge in [0.2, 0.25) is 23.6 Å². The number of likely N-dealkylation sites (N-methyl/N-ethyl adjacent to an activating group) is 2. The van der Waals surface area contributed by atoms with Crippen molar-refractivity contribution in [3.05, 3.63) is 105 Å². The van der Waals surface area contributed by atoms with E-state index in [1.807, 2.05) is 102 Å². The number of carbonyl (C=O) groups is 16. The zero-order valence-electron chi connectivity index (χ0n) is 85.1. The fourth-order valence-electron chi connectivity index (χ4n) is 18.1. The second-order valence-electron chi connectivity index (χ2n) is 37.9. The lowest BCUT2D eigenvalue weighted by Crippen LogP contribution is -2.63. The third-order valence-electron chi connectivity index (χ3n) is 27.5. The fourth-order valence-corrected chi connectivity index (χ4v) is 20.7. The van der Waals surface area contributed by atoms with Gasteiger partial charge in [0.25, 0.3) is 45.6 Å². The van der Waals surface area contributed by atoms with Crippen LogP contribution in [0.25, 0.3) is 0 Å². The number of halogens is 2. The molecule has 52 heteroatoms. The highest BCUT2D eigenvalue weighted by molar-refractivity contribution is 8.00. The summed E-state index contributed by atoms with van der Waals surface area (Å²) in [6.45, 7) is 17.4. The number of amides is 12. The maximum atomic E-state index is 14.2. The number of thioether (sulfide) groups is 1. The number of esters is 2. The van der Waals surface area contributed by atoms with Crippen LogP contribution in [-0.4, -0.2) is 348 Å². The first-order chi connectivity index (χ1) is 69.3. The lowest BCUT2D eigenvalue weighted by Gasteiger charge is -2.42. The lowest BCUT2D eigenvalue weighted by molar-refractivity contribution is -0.197. The van der Waals surface area contributed by atoms with Gasteiger partial charge in [-0.05, 0) is 116 Å². The summed E-state index contributed by atoms with van der Waals surface area (Å²) in [5.41, 5.74) is -0.612. The van der Waals surface area contributed by atoms with Crippen LogP contribution in [0.5, 0.6) is 11.5 Å². The van der Waals surface area contributed by atoms with Gasteiger partial charge in [0.1, 0.15) is 86.7 Å². The van der Waals surface area contributed by atoms with E-state index in [-0.39, 0.29) is 112 Å². The van der Waals surface area contributed by atoms with Gasteiger partial charge in [-0.2, -0.15) is 21.0 Å². The third-order valence-corrected chi connectivity index (χ3v) is 30.8. The molecule has 148 heavy (non-hydrogen) atoms. The minimum atomic E-state index is -5.07. The van der Waals surface area contributed by atoms with Gasteiger partial charge in [-0.3, -0.25) is 72.9 Å². The van der Waals surface area contributed by atoms with Gasteiger partial charge in [0, 0.05) is 174 Å². The lowest BCUT2D eigenvalue weighted by atomic mass is 9.83. The molecule has 0 saturated carbocycles. The molecule has 0 aromatic heterocycles. The summed E-state index contributed by atoms with van der Waals surface area (Å²) in [7, 11) is 4.51. The third kappa shape index (κ3) is 30.2. The number of allylic oxidation sites excluding steroid dienone is 6. The Labute approximate surface area is 877 Å². The number of anilines is 2. The summed E-state index contributed by atoms with van der Waals surface area (Å²) in [5.74, 6) is -9.13. The Balaban J connectivity index is 0.000000280. The molecule has 12 rings (SSSR count). The minimum Gasteiger partial charge on any atom is -0.495 e. The SMILES string of the molecule is COc1cc2cc(c1Cl)N(C)C(C)C[C@H](OC(=O)[C@@H](C)N(C)C(=O)CCS)[C@]1(C)O[C@H]1[C@H](C)[C@@H]1C[C@@](O)(NC(=O)O1)[C@H](OC)/C=C/C=C(\C)C2.COc1cc2cc(c1Cl)N(C)C(C)C[C@H](OC(=O)[C@@H](C)N(C)C(=O)CCSC1CC(=O)N(CC(CC(=O)ON3C(=O)CCC3=O)S(=O)(=O)O)C1=O)[C@]1(C)O[C@H]1[C@H](C)[C@@H]1C[C@@](O)(NC(=O)O1)[C@H](OC)/C=C/C=C(\C)C2.O=C(CCCN1C(=O)C=CC1=O)ON1C(=O)CCC1=O.O=S(=O)=O. The highest BCUT2D eigenvalue weighted by Gasteiger charge is 2.66. The van der Waals surface area contributed by atoms with E-state index >= 15 is 0 Å². The number of imide groups is 4. The number of nitrogens with zero attached hydrogens (tertiary/aromatic N) is 8. The van der Waals surface area contributed by atoms with E-state index in [1.54, 1.807) is 59.2 Å². The Morgan fingerprint density at radius 3 is 1.39 bits per heavy atom. The van der Waals surface area contributed by atoms with Crippen LogP contribution in [-0.2, 0) is 148 Å². The number of rotatable bonds is 27. The van der Waals surface area contributed by atoms with Crippen LogP contribution in [0.4, 0.5) is 21.0 Å². The van der Waals surface area contributed by atoms with Crippen LogP contribution < -0.4 is 29.9 Å². The van der Waals surface area contributed by atoms with Crippen LogP contribution in [0, 0.1) is 11.8 Å². The number of benzene rings is 2. The van der Waals surface area contributed by atoms with Crippen molar-refractivity contribution >= 4 is 175 Å². The zero-order valence-corrected chi connectivity index (χ0v) is 90.0. The first-order valence-corrected chi connectivity index (χ1v) is 52.4. The molecular formula is C96H128Cl2N10O36S4. The number of carbonyl (C=O) groups excluding carboxylic acids is 16. The molecule has 0 spiro atoms. The Morgan fingerprint density at radius 1 is 0.608 bits per heavy atom. The van der Waals surface area contributed by atoms with Gasteiger partial charge < -0.3 is 86.9 Å². The average molecular weight is 2200 g/mol. The summed E-state index contributed by atoms with van der Waals surface area (Å²) >= 11 is 18.9. The molecule has 10 aliphatic heterocycles. The van der Waals surface area contributed by atoms with Crippen molar-refractivity contribution in [3.8, 4) is 11.5 Å². The van der Waals surface area contributed by atoms with Crippen molar-refractivity contribution in [1.82, 2.24) is 40.4 Å².